The maximum atomic E-state index is 12.8. The van der Waals surface area contributed by atoms with Gasteiger partial charge in [0.2, 0.25) is 5.91 Å². The van der Waals surface area contributed by atoms with Crippen LogP contribution in [0.4, 0.5) is 0 Å². The van der Waals surface area contributed by atoms with Gasteiger partial charge in [0.15, 0.2) is 0 Å². The zero-order valence-electron chi connectivity index (χ0n) is 15.4. The predicted octanol–water partition coefficient (Wildman–Crippen LogP) is 4.46. The molecular formula is C20H27N3OS. The molecule has 0 bridgehead atoms. The van der Waals surface area contributed by atoms with Crippen molar-refractivity contribution in [1.29, 1.82) is 0 Å². The zero-order valence-corrected chi connectivity index (χ0v) is 16.2. The van der Waals surface area contributed by atoms with Crippen molar-refractivity contribution in [3.63, 3.8) is 0 Å². The summed E-state index contributed by atoms with van der Waals surface area (Å²) < 4.78 is 0. The van der Waals surface area contributed by atoms with E-state index in [1.54, 1.807) is 11.8 Å². The number of hydrogen-bond acceptors (Lipinski definition) is 4. The fraction of sp³-hybridized carbons (Fsp3) is 0.550. The number of fused-ring (bicyclic) bond motifs is 1. The fourth-order valence-corrected chi connectivity index (χ4v) is 4.56. The summed E-state index contributed by atoms with van der Waals surface area (Å²) in [4.78, 5) is 24.3. The second-order valence-corrected chi connectivity index (χ2v) is 7.89. The van der Waals surface area contributed by atoms with Gasteiger partial charge in [-0.1, -0.05) is 36.9 Å². The molecule has 5 heteroatoms. The lowest BCUT2D eigenvalue weighted by atomic mass is 9.98. The molecule has 0 saturated carbocycles. The summed E-state index contributed by atoms with van der Waals surface area (Å²) in [5.74, 6) is 1.54. The van der Waals surface area contributed by atoms with Crippen LogP contribution in [-0.2, 0) is 11.2 Å². The minimum Gasteiger partial charge on any atom is -0.337 e. The van der Waals surface area contributed by atoms with E-state index in [0.717, 1.165) is 47.4 Å². The van der Waals surface area contributed by atoms with E-state index in [1.165, 1.54) is 6.42 Å². The lowest BCUT2D eigenvalue weighted by molar-refractivity contribution is -0.134. The fourth-order valence-electron chi connectivity index (χ4n) is 3.66. The molecular weight excluding hydrogens is 330 g/mol. The number of carbonyl (C=O) groups excluding carboxylic acids is 1. The lowest BCUT2D eigenvalue weighted by Crippen LogP contribution is -2.48. The molecule has 2 atom stereocenters. The van der Waals surface area contributed by atoms with Gasteiger partial charge in [-0.15, -0.1) is 0 Å². The summed E-state index contributed by atoms with van der Waals surface area (Å²) in [6.45, 7) is 6.46. The summed E-state index contributed by atoms with van der Waals surface area (Å²) in [5.41, 5.74) is 0.968. The van der Waals surface area contributed by atoms with Gasteiger partial charge in [0.25, 0.3) is 0 Å². The van der Waals surface area contributed by atoms with Gasteiger partial charge in [0.1, 0.15) is 10.9 Å². The number of carbonyl (C=O) groups is 1. The highest BCUT2D eigenvalue weighted by atomic mass is 32.2. The van der Waals surface area contributed by atoms with Crippen LogP contribution in [0.3, 0.4) is 0 Å². The third-order valence-corrected chi connectivity index (χ3v) is 5.88. The number of benzene rings is 1. The van der Waals surface area contributed by atoms with Gasteiger partial charge in [0.05, 0.1) is 11.3 Å². The van der Waals surface area contributed by atoms with Crippen molar-refractivity contribution < 1.29 is 4.79 Å². The Morgan fingerprint density at radius 1 is 1.20 bits per heavy atom. The second-order valence-electron chi connectivity index (χ2n) is 6.93. The van der Waals surface area contributed by atoms with E-state index in [2.05, 4.69) is 30.7 Å². The number of amides is 1. The van der Waals surface area contributed by atoms with Gasteiger partial charge in [-0.05, 0) is 45.6 Å². The molecule has 0 aliphatic carbocycles. The van der Waals surface area contributed by atoms with Gasteiger partial charge in [0, 0.05) is 23.9 Å². The standard InChI is InChI=1S/C20H27N3OS/c1-4-8-18-21-17-12-6-5-11-16(17)20(22-18)25-13-19(24)23-14(2)9-7-10-15(23)3/h5-6,11-12,14-15H,4,7-10,13H2,1-3H3/t14-,15-/m0/s1. The highest BCUT2D eigenvalue weighted by molar-refractivity contribution is 8.00. The first-order chi connectivity index (χ1) is 12.1. The highest BCUT2D eigenvalue weighted by Gasteiger charge is 2.28. The summed E-state index contributed by atoms with van der Waals surface area (Å²) in [6, 6.07) is 8.76. The number of aromatic nitrogens is 2. The third kappa shape index (κ3) is 4.14. The van der Waals surface area contributed by atoms with Crippen LogP contribution in [0.1, 0.15) is 52.3 Å². The molecule has 1 saturated heterocycles. The number of para-hydroxylation sites is 1. The first kappa shape index (κ1) is 18.2. The normalized spacial score (nSPS) is 20.8. The van der Waals surface area contributed by atoms with Crippen LogP contribution in [0.15, 0.2) is 29.3 Å². The number of aryl methyl sites for hydroxylation is 1. The number of nitrogens with zero attached hydrogens (tertiary/aromatic N) is 3. The minimum atomic E-state index is 0.226. The molecule has 25 heavy (non-hydrogen) atoms. The summed E-state index contributed by atoms with van der Waals surface area (Å²) in [7, 11) is 0. The molecule has 134 valence electrons. The molecule has 0 spiro atoms. The van der Waals surface area contributed by atoms with Crippen LogP contribution in [0.2, 0.25) is 0 Å². The monoisotopic (exact) mass is 357 g/mol. The Bertz CT molecular complexity index is 739. The average molecular weight is 358 g/mol. The molecule has 2 heterocycles. The summed E-state index contributed by atoms with van der Waals surface area (Å²) >= 11 is 1.55. The number of hydrogen-bond donors (Lipinski definition) is 0. The first-order valence-electron chi connectivity index (χ1n) is 9.29. The molecule has 1 aromatic heterocycles. The molecule has 1 fully saturated rings. The molecule has 0 radical (unpaired) electrons. The van der Waals surface area contributed by atoms with Crippen molar-refractivity contribution >= 4 is 28.6 Å². The van der Waals surface area contributed by atoms with E-state index in [-0.39, 0.29) is 5.91 Å². The van der Waals surface area contributed by atoms with Gasteiger partial charge in [-0.3, -0.25) is 4.79 Å². The molecule has 0 unspecified atom stereocenters. The van der Waals surface area contributed by atoms with E-state index < -0.39 is 0 Å². The van der Waals surface area contributed by atoms with Crippen molar-refractivity contribution in [3.05, 3.63) is 30.1 Å². The largest absolute Gasteiger partial charge is 0.337 e. The first-order valence-corrected chi connectivity index (χ1v) is 10.3. The minimum absolute atomic E-state index is 0.226. The number of likely N-dealkylation sites (tertiary alicyclic amines) is 1. The molecule has 3 rings (SSSR count). The van der Waals surface area contributed by atoms with Gasteiger partial charge in [-0.2, -0.15) is 0 Å². The van der Waals surface area contributed by atoms with E-state index in [0.29, 0.717) is 17.8 Å². The van der Waals surface area contributed by atoms with E-state index in [4.69, 9.17) is 4.98 Å². The predicted molar refractivity (Wildman–Crippen MR) is 104 cm³/mol. The molecule has 4 nitrogen and oxygen atoms in total. The lowest BCUT2D eigenvalue weighted by Gasteiger charge is -2.39. The third-order valence-electron chi connectivity index (χ3n) is 4.90. The van der Waals surface area contributed by atoms with Crippen LogP contribution >= 0.6 is 11.8 Å². The topological polar surface area (TPSA) is 46.1 Å². The van der Waals surface area contributed by atoms with E-state index in [1.807, 2.05) is 24.3 Å². The SMILES string of the molecule is CCCc1nc(SCC(=O)N2[C@@H](C)CCC[C@@H]2C)c2ccccc2n1. The van der Waals surface area contributed by atoms with Gasteiger partial charge < -0.3 is 4.90 Å². The average Bonchev–Trinajstić information content (AvgIpc) is 2.60. The van der Waals surface area contributed by atoms with E-state index >= 15 is 0 Å². The Morgan fingerprint density at radius 2 is 1.92 bits per heavy atom. The smallest absolute Gasteiger partial charge is 0.233 e. The zero-order chi connectivity index (χ0) is 17.8. The highest BCUT2D eigenvalue weighted by Crippen LogP contribution is 2.28. The van der Waals surface area contributed by atoms with Crippen molar-refractivity contribution in [2.75, 3.05) is 5.75 Å². The summed E-state index contributed by atoms with van der Waals surface area (Å²) in [6.07, 6.45) is 5.32. The molecule has 1 aliphatic heterocycles. The molecule has 1 aromatic carbocycles. The van der Waals surface area contributed by atoms with Crippen LogP contribution in [-0.4, -0.2) is 38.6 Å². The van der Waals surface area contributed by atoms with Crippen LogP contribution < -0.4 is 0 Å². The van der Waals surface area contributed by atoms with Crippen molar-refractivity contribution in [2.24, 2.45) is 0 Å². The Hall–Kier alpha value is -1.62. The van der Waals surface area contributed by atoms with Gasteiger partial charge >= 0.3 is 0 Å². The maximum absolute atomic E-state index is 12.8. The Labute approximate surface area is 154 Å². The second kappa shape index (κ2) is 8.17. The van der Waals surface area contributed by atoms with Gasteiger partial charge in [-0.25, -0.2) is 9.97 Å². The quantitative estimate of drug-likeness (QED) is 0.585. The van der Waals surface area contributed by atoms with E-state index in [9.17, 15) is 4.79 Å². The van der Waals surface area contributed by atoms with Crippen molar-refractivity contribution in [2.45, 2.75) is 70.0 Å². The van der Waals surface area contributed by atoms with Crippen molar-refractivity contribution in [1.82, 2.24) is 14.9 Å². The Balaban J connectivity index is 1.79. The number of thioether (sulfide) groups is 1. The molecule has 2 aromatic rings. The Kier molecular flexibility index (Phi) is 5.94. The Morgan fingerprint density at radius 3 is 2.64 bits per heavy atom. The number of piperidine rings is 1. The molecule has 0 N–H and O–H groups in total. The molecule has 1 amide bonds. The summed E-state index contributed by atoms with van der Waals surface area (Å²) in [5, 5.41) is 1.97. The maximum Gasteiger partial charge on any atom is 0.233 e. The van der Waals surface area contributed by atoms with Crippen LogP contribution in [0, 0.1) is 0 Å². The number of rotatable bonds is 5. The molecule has 1 aliphatic rings. The van der Waals surface area contributed by atoms with Crippen LogP contribution in [0.25, 0.3) is 10.9 Å². The van der Waals surface area contributed by atoms with Crippen LogP contribution in [0.5, 0.6) is 0 Å². The van der Waals surface area contributed by atoms with Crippen molar-refractivity contribution in [3.8, 4) is 0 Å².